The van der Waals surface area contributed by atoms with Crippen LogP contribution in [0.1, 0.15) is 349 Å². The molecule has 3 aliphatic rings. The number of hydrogen-bond acceptors (Lipinski definition) is 0. The maximum atomic E-state index is 2.30. The molecular formula is C64H144. The first-order chi connectivity index (χ1) is 29.3. The van der Waals surface area contributed by atoms with Gasteiger partial charge in [-0.1, -0.05) is 330 Å². The third-order valence-corrected chi connectivity index (χ3v) is 13.1. The van der Waals surface area contributed by atoms with Gasteiger partial charge in [-0.15, -0.1) is 0 Å². The summed E-state index contributed by atoms with van der Waals surface area (Å²) in [5, 5.41) is 0. The van der Waals surface area contributed by atoms with Crippen molar-refractivity contribution in [1.82, 2.24) is 0 Å². The Morgan fingerprint density at radius 2 is 0.672 bits per heavy atom. The second kappa shape index (κ2) is 55.6. The van der Waals surface area contributed by atoms with Crippen LogP contribution in [0.5, 0.6) is 0 Å². The van der Waals surface area contributed by atoms with E-state index in [1.165, 1.54) is 135 Å². The monoisotopic (exact) mass is 913 g/mol. The third-order valence-electron chi connectivity index (χ3n) is 13.1. The summed E-state index contributed by atoms with van der Waals surface area (Å²) in [7, 11) is 0. The summed E-state index contributed by atoms with van der Waals surface area (Å²) < 4.78 is 0. The Labute approximate surface area is 417 Å². The average Bonchev–Trinajstić information content (AvgIpc) is 4.18. The lowest BCUT2D eigenvalue weighted by Crippen LogP contribution is -2.00. The molecule has 3 aliphatic carbocycles. The third kappa shape index (κ3) is 119. The number of unbranched alkanes of at least 4 members (excludes halogenated alkanes) is 3. The van der Waals surface area contributed by atoms with E-state index in [1.807, 2.05) is 0 Å². The first-order valence-corrected chi connectivity index (χ1v) is 29.3. The molecular weight excluding hydrogens is 769 g/mol. The van der Waals surface area contributed by atoms with Crippen molar-refractivity contribution >= 4 is 0 Å². The van der Waals surface area contributed by atoms with Crippen LogP contribution < -0.4 is 0 Å². The molecule has 3 saturated carbocycles. The topological polar surface area (TPSA) is 0 Å². The van der Waals surface area contributed by atoms with Crippen LogP contribution in [0.2, 0.25) is 0 Å². The molecule has 0 amide bonds. The van der Waals surface area contributed by atoms with Gasteiger partial charge in [0.1, 0.15) is 0 Å². The fraction of sp³-hybridized carbons (Fsp3) is 1.00. The van der Waals surface area contributed by atoms with Crippen molar-refractivity contribution in [3.8, 4) is 0 Å². The van der Waals surface area contributed by atoms with E-state index in [1.54, 1.807) is 0 Å². The lowest BCUT2D eigenvalue weighted by atomic mass is 9.94. The first kappa shape index (κ1) is 81.0. The standard InChI is InChI=1S/C6H12.8C6H14.2C5H10/c1-2-3-6-4-5-6;2*1-5-6(2,3)4;1-5(2)6(3)4;2*1-4-5-6(2)3;2*1-4-6(3)5-2;1-3-5-6-4-2;1-5(2)3-4-5;1-4-3-5(4)2/h6H,2-5H2,1H3;2*5H2,1-4H3;5-6H,1-4H3;4*6H,4-5H2,1-3H3;3-6H2,1-2H3;3-4H2,1-2H3;4-5H,3H2,1-2H3. The van der Waals surface area contributed by atoms with Gasteiger partial charge in [0, 0.05) is 0 Å². The van der Waals surface area contributed by atoms with Gasteiger partial charge in [-0.3, -0.25) is 0 Å². The molecule has 3 fully saturated rings. The molecule has 0 spiro atoms. The van der Waals surface area contributed by atoms with Gasteiger partial charge >= 0.3 is 0 Å². The summed E-state index contributed by atoms with van der Waals surface area (Å²) in [5.41, 5.74) is 1.83. The quantitative estimate of drug-likeness (QED) is 0.152. The van der Waals surface area contributed by atoms with E-state index < -0.39 is 0 Å². The van der Waals surface area contributed by atoms with Gasteiger partial charge in [-0.05, 0) is 88.8 Å². The molecule has 0 bridgehead atoms. The zero-order valence-electron chi connectivity index (χ0n) is 52.5. The van der Waals surface area contributed by atoms with Crippen molar-refractivity contribution in [3.05, 3.63) is 0 Å². The van der Waals surface area contributed by atoms with Crippen LogP contribution in [0, 0.1) is 69.5 Å². The van der Waals surface area contributed by atoms with E-state index in [9.17, 15) is 0 Å². The van der Waals surface area contributed by atoms with Crippen LogP contribution in [0.4, 0.5) is 0 Å². The van der Waals surface area contributed by atoms with Crippen LogP contribution in [0.25, 0.3) is 0 Å². The smallest absolute Gasteiger partial charge is 0.0354 e. The normalized spacial score (nSPS) is 16.1. The van der Waals surface area contributed by atoms with E-state index in [2.05, 4.69) is 215 Å². The highest BCUT2D eigenvalue weighted by Gasteiger charge is 2.30. The summed E-state index contributed by atoms with van der Waals surface area (Å²) >= 11 is 0. The largest absolute Gasteiger partial charge is 0.0654 e. The van der Waals surface area contributed by atoms with Crippen molar-refractivity contribution in [3.63, 3.8) is 0 Å². The summed E-state index contributed by atoms with van der Waals surface area (Å²) in [5.74, 6) is 8.62. The van der Waals surface area contributed by atoms with Gasteiger partial charge in [0.25, 0.3) is 0 Å². The van der Waals surface area contributed by atoms with Crippen molar-refractivity contribution in [2.24, 2.45) is 69.5 Å². The Morgan fingerprint density at radius 1 is 0.438 bits per heavy atom. The highest BCUT2D eigenvalue weighted by atomic mass is 14.4. The minimum atomic E-state index is 0.542. The van der Waals surface area contributed by atoms with E-state index in [4.69, 9.17) is 0 Å². The highest BCUT2D eigenvalue weighted by molar-refractivity contribution is 4.82. The molecule has 0 aliphatic heterocycles. The molecule has 2 atom stereocenters. The molecule has 0 N–H and O–H groups in total. The van der Waals surface area contributed by atoms with Gasteiger partial charge in [-0.2, -0.15) is 0 Å². The lowest BCUT2D eigenvalue weighted by molar-refractivity contribution is 0.397. The SMILES string of the molecule is CC(C)C(C)C.CC1(C)CC1.CC1CC1C.CCC(C)(C)C.CCC(C)(C)C.CCC(C)CC.CCC(C)CC.CCCC(C)C.CCCC(C)C.CCCC1CC1.CCCCCC. The summed E-state index contributed by atoms with van der Waals surface area (Å²) in [4.78, 5) is 0. The number of hydrogen-bond donors (Lipinski definition) is 0. The van der Waals surface area contributed by atoms with E-state index in [-0.39, 0.29) is 0 Å². The van der Waals surface area contributed by atoms with Gasteiger partial charge in [-0.25, -0.2) is 0 Å². The fourth-order valence-electron chi connectivity index (χ4n) is 3.80. The van der Waals surface area contributed by atoms with Crippen molar-refractivity contribution in [1.29, 1.82) is 0 Å². The second-order valence-electron chi connectivity index (χ2n) is 25.3. The van der Waals surface area contributed by atoms with Gasteiger partial charge in [0.05, 0.1) is 0 Å². The molecule has 0 radical (unpaired) electrons. The second-order valence-corrected chi connectivity index (χ2v) is 25.3. The lowest BCUT2D eigenvalue weighted by Gasteiger charge is -2.12. The average molecular weight is 914 g/mol. The maximum Gasteiger partial charge on any atom is -0.0354 e. The van der Waals surface area contributed by atoms with Crippen molar-refractivity contribution in [2.75, 3.05) is 0 Å². The summed E-state index contributed by atoms with van der Waals surface area (Å²) in [6, 6.07) is 0. The highest BCUT2D eigenvalue weighted by Crippen LogP contribution is 2.43. The van der Waals surface area contributed by atoms with Crippen LogP contribution >= 0.6 is 0 Å². The maximum absolute atomic E-state index is 2.30. The Balaban J connectivity index is -0.0000000898. The molecule has 0 aromatic carbocycles. The van der Waals surface area contributed by atoms with Crippen LogP contribution in [-0.2, 0) is 0 Å². The minimum Gasteiger partial charge on any atom is -0.0654 e. The first-order valence-electron chi connectivity index (χ1n) is 29.3. The fourth-order valence-corrected chi connectivity index (χ4v) is 3.80. The zero-order valence-corrected chi connectivity index (χ0v) is 52.5. The predicted octanol–water partition coefficient (Wildman–Crippen LogP) is 25.2. The molecule has 64 heavy (non-hydrogen) atoms. The Bertz CT molecular complexity index is 693. The molecule has 0 saturated heterocycles. The van der Waals surface area contributed by atoms with Crippen LogP contribution in [0.3, 0.4) is 0 Å². The number of rotatable bonds is 14. The van der Waals surface area contributed by atoms with Crippen LogP contribution in [0.15, 0.2) is 0 Å². The van der Waals surface area contributed by atoms with Gasteiger partial charge < -0.3 is 0 Å². The molecule has 0 heteroatoms. The van der Waals surface area contributed by atoms with E-state index in [0.717, 1.165) is 58.7 Å². The molecule has 0 aromatic heterocycles. The Kier molecular flexibility index (Phi) is 70.4. The van der Waals surface area contributed by atoms with E-state index >= 15 is 0 Å². The molecule has 3 rings (SSSR count). The molecule has 2 unspecified atom stereocenters. The van der Waals surface area contributed by atoms with Crippen molar-refractivity contribution in [2.45, 2.75) is 349 Å². The Hall–Kier alpha value is 0. The van der Waals surface area contributed by atoms with Crippen molar-refractivity contribution < 1.29 is 0 Å². The van der Waals surface area contributed by atoms with E-state index in [0.29, 0.717) is 10.8 Å². The molecule has 0 heterocycles. The molecule has 0 nitrogen and oxygen atoms in total. The zero-order chi connectivity index (χ0) is 52.5. The summed E-state index contributed by atoms with van der Waals surface area (Å²) in [6.45, 7) is 69.7. The predicted molar refractivity (Wildman–Crippen MR) is 312 cm³/mol. The minimum absolute atomic E-state index is 0.542. The van der Waals surface area contributed by atoms with Gasteiger partial charge in [0.15, 0.2) is 0 Å². The molecule has 0 aromatic rings. The van der Waals surface area contributed by atoms with Gasteiger partial charge in [0.2, 0.25) is 0 Å². The summed E-state index contributed by atoms with van der Waals surface area (Å²) in [6.07, 6.45) is 29.1. The Morgan fingerprint density at radius 3 is 0.703 bits per heavy atom. The van der Waals surface area contributed by atoms with Crippen LogP contribution in [-0.4, -0.2) is 0 Å². The molecule has 400 valence electrons.